The van der Waals surface area contributed by atoms with Crippen LogP contribution in [0.2, 0.25) is 0 Å². The minimum Gasteiger partial charge on any atom is -0.475 e. The number of hydrogen-bond donors (Lipinski definition) is 2. The summed E-state index contributed by atoms with van der Waals surface area (Å²) >= 11 is 1.48. The number of fused-ring (bicyclic) bond motifs is 1. The van der Waals surface area contributed by atoms with Gasteiger partial charge in [0.05, 0.1) is 10.2 Å². The Bertz CT molecular complexity index is 494. The molecule has 0 radical (unpaired) electrons. The summed E-state index contributed by atoms with van der Waals surface area (Å²) in [6, 6.07) is 1.77. The van der Waals surface area contributed by atoms with Crippen LogP contribution in [0.3, 0.4) is 0 Å². The third kappa shape index (κ3) is 1.29. The van der Waals surface area contributed by atoms with E-state index < -0.39 is 5.97 Å². The fourth-order valence-corrected chi connectivity index (χ4v) is 1.96. The van der Waals surface area contributed by atoms with E-state index in [1.807, 2.05) is 5.38 Å². The van der Waals surface area contributed by atoms with Crippen LogP contribution in [0.5, 0.6) is 0 Å². The summed E-state index contributed by atoms with van der Waals surface area (Å²) in [4.78, 5) is 18.5. The van der Waals surface area contributed by atoms with E-state index >= 15 is 0 Å². The zero-order valence-electron chi connectivity index (χ0n) is 7.31. The molecule has 0 saturated heterocycles. The maximum Gasteiger partial charge on any atom is 0.374 e. The molecule has 0 saturated carbocycles. The molecule has 0 aliphatic carbocycles. The second kappa shape index (κ2) is 3.22. The Morgan fingerprint density at radius 1 is 1.57 bits per heavy atom. The zero-order valence-corrected chi connectivity index (χ0v) is 8.13. The highest BCUT2D eigenvalue weighted by atomic mass is 32.1. The molecule has 2 aromatic heterocycles. The lowest BCUT2D eigenvalue weighted by Gasteiger charge is -2.01. The topological polar surface area (TPSA) is 75.1 Å². The Kier molecular flexibility index (Phi) is 2.05. The van der Waals surface area contributed by atoms with Crippen LogP contribution in [0.1, 0.15) is 10.6 Å². The minimum absolute atomic E-state index is 0.180. The lowest BCUT2D eigenvalue weighted by atomic mass is 10.4. The van der Waals surface area contributed by atoms with Gasteiger partial charge in [-0.25, -0.2) is 14.8 Å². The molecule has 72 valence electrons. The van der Waals surface area contributed by atoms with Crippen LogP contribution >= 0.6 is 11.3 Å². The SMILES string of the molecule is CNc1nc(C(=O)O)nc2ccsc12. The van der Waals surface area contributed by atoms with Crippen molar-refractivity contribution >= 4 is 33.3 Å². The summed E-state index contributed by atoms with van der Waals surface area (Å²) in [5.41, 5.74) is 0.659. The van der Waals surface area contributed by atoms with Gasteiger partial charge in [-0.2, -0.15) is 0 Å². The molecule has 0 aliphatic rings. The van der Waals surface area contributed by atoms with Gasteiger partial charge in [0.15, 0.2) is 0 Å². The average molecular weight is 209 g/mol. The predicted octanol–water partition coefficient (Wildman–Crippen LogP) is 1.43. The molecule has 2 rings (SSSR count). The second-order valence-electron chi connectivity index (χ2n) is 2.59. The second-order valence-corrected chi connectivity index (χ2v) is 3.50. The Morgan fingerprint density at radius 2 is 2.36 bits per heavy atom. The Hall–Kier alpha value is -1.69. The number of nitrogens with zero attached hydrogens (tertiary/aromatic N) is 2. The molecule has 2 N–H and O–H groups in total. The number of aromatic nitrogens is 2. The molecular formula is C8H7N3O2S. The molecular weight excluding hydrogens is 202 g/mol. The van der Waals surface area contributed by atoms with Crippen molar-refractivity contribution in [3.63, 3.8) is 0 Å². The maximum absolute atomic E-state index is 10.7. The summed E-state index contributed by atoms with van der Waals surface area (Å²) in [7, 11) is 1.70. The molecule has 0 bridgehead atoms. The molecule has 2 heterocycles. The highest BCUT2D eigenvalue weighted by molar-refractivity contribution is 7.17. The van der Waals surface area contributed by atoms with Gasteiger partial charge in [0.2, 0.25) is 5.82 Å². The summed E-state index contributed by atoms with van der Waals surface area (Å²) in [5.74, 6) is -0.739. The van der Waals surface area contributed by atoms with Crippen molar-refractivity contribution in [3.05, 3.63) is 17.3 Å². The van der Waals surface area contributed by atoms with Crippen molar-refractivity contribution in [2.45, 2.75) is 0 Å². The van der Waals surface area contributed by atoms with Gasteiger partial charge < -0.3 is 10.4 Å². The standard InChI is InChI=1S/C8H7N3O2S/c1-9-6-5-4(2-3-14-5)10-7(11-6)8(12)13/h2-3H,1H3,(H,12,13)(H,9,10,11). The fourth-order valence-electron chi connectivity index (χ4n) is 1.13. The maximum atomic E-state index is 10.7. The molecule has 6 heteroatoms. The number of thiophene rings is 1. The fraction of sp³-hybridized carbons (Fsp3) is 0.125. The number of hydrogen-bond acceptors (Lipinski definition) is 5. The number of rotatable bonds is 2. The van der Waals surface area contributed by atoms with Crippen LogP contribution in [0.25, 0.3) is 10.2 Å². The van der Waals surface area contributed by atoms with E-state index in [4.69, 9.17) is 5.11 Å². The first-order valence-corrected chi connectivity index (χ1v) is 4.76. The highest BCUT2D eigenvalue weighted by Crippen LogP contribution is 2.25. The quantitative estimate of drug-likeness (QED) is 0.782. The summed E-state index contributed by atoms with van der Waals surface area (Å²) in [6.45, 7) is 0. The number of carbonyl (C=O) groups is 1. The predicted molar refractivity (Wildman–Crippen MR) is 53.9 cm³/mol. The van der Waals surface area contributed by atoms with Crippen molar-refractivity contribution in [3.8, 4) is 0 Å². The molecule has 0 unspecified atom stereocenters. The Balaban J connectivity index is 2.73. The van der Waals surface area contributed by atoms with Gasteiger partial charge >= 0.3 is 5.97 Å². The monoisotopic (exact) mass is 209 g/mol. The molecule has 0 atom stereocenters. The number of carboxylic acid groups (broad SMARTS) is 1. The van der Waals surface area contributed by atoms with E-state index in [-0.39, 0.29) is 5.82 Å². The lowest BCUT2D eigenvalue weighted by Crippen LogP contribution is -2.06. The molecule has 0 aromatic carbocycles. The van der Waals surface area contributed by atoms with Crippen LogP contribution in [0, 0.1) is 0 Å². The first-order chi connectivity index (χ1) is 6.72. The third-order valence-corrected chi connectivity index (χ3v) is 2.64. The van der Waals surface area contributed by atoms with Gasteiger partial charge in [-0.1, -0.05) is 0 Å². The third-order valence-electron chi connectivity index (χ3n) is 1.73. The number of aromatic carboxylic acids is 1. The van der Waals surface area contributed by atoms with Crippen molar-refractivity contribution in [1.29, 1.82) is 0 Å². The molecule has 0 spiro atoms. The first-order valence-electron chi connectivity index (χ1n) is 3.88. The van der Waals surface area contributed by atoms with E-state index in [9.17, 15) is 4.79 Å². The van der Waals surface area contributed by atoms with Crippen LogP contribution in [0.15, 0.2) is 11.4 Å². The average Bonchev–Trinajstić information content (AvgIpc) is 2.63. The lowest BCUT2D eigenvalue weighted by molar-refractivity contribution is 0.0684. The van der Waals surface area contributed by atoms with E-state index in [0.717, 1.165) is 4.70 Å². The smallest absolute Gasteiger partial charge is 0.374 e. The number of carboxylic acids is 1. The Morgan fingerprint density at radius 3 is 3.00 bits per heavy atom. The summed E-state index contributed by atoms with van der Waals surface area (Å²) < 4.78 is 0.873. The summed E-state index contributed by atoms with van der Waals surface area (Å²) in [6.07, 6.45) is 0. The van der Waals surface area contributed by atoms with Crippen molar-refractivity contribution < 1.29 is 9.90 Å². The van der Waals surface area contributed by atoms with E-state index in [2.05, 4.69) is 15.3 Å². The highest BCUT2D eigenvalue weighted by Gasteiger charge is 2.12. The van der Waals surface area contributed by atoms with E-state index in [0.29, 0.717) is 11.3 Å². The molecule has 0 amide bonds. The van der Waals surface area contributed by atoms with Crippen LogP contribution < -0.4 is 5.32 Å². The van der Waals surface area contributed by atoms with E-state index in [1.54, 1.807) is 13.1 Å². The molecule has 5 nitrogen and oxygen atoms in total. The molecule has 14 heavy (non-hydrogen) atoms. The van der Waals surface area contributed by atoms with Gasteiger partial charge in [0, 0.05) is 7.05 Å². The number of nitrogens with one attached hydrogen (secondary N) is 1. The normalized spacial score (nSPS) is 10.4. The number of anilines is 1. The molecule has 0 aliphatic heterocycles. The van der Waals surface area contributed by atoms with Gasteiger partial charge in [0.25, 0.3) is 0 Å². The first kappa shape index (κ1) is 8.89. The molecule has 0 fully saturated rings. The van der Waals surface area contributed by atoms with Gasteiger partial charge in [-0.05, 0) is 11.4 Å². The van der Waals surface area contributed by atoms with Gasteiger partial charge in [0.1, 0.15) is 5.82 Å². The van der Waals surface area contributed by atoms with Crippen LogP contribution in [0.4, 0.5) is 5.82 Å². The molecule has 2 aromatic rings. The van der Waals surface area contributed by atoms with Crippen LogP contribution in [-0.4, -0.2) is 28.1 Å². The van der Waals surface area contributed by atoms with E-state index in [1.165, 1.54) is 11.3 Å². The summed E-state index contributed by atoms with van der Waals surface area (Å²) in [5, 5.41) is 13.5. The van der Waals surface area contributed by atoms with Crippen LogP contribution in [-0.2, 0) is 0 Å². The van der Waals surface area contributed by atoms with Gasteiger partial charge in [-0.15, -0.1) is 11.3 Å². The Labute approximate surface area is 83.4 Å². The van der Waals surface area contributed by atoms with Gasteiger partial charge in [-0.3, -0.25) is 0 Å². The zero-order chi connectivity index (χ0) is 10.1. The minimum atomic E-state index is -1.12. The largest absolute Gasteiger partial charge is 0.475 e. The van der Waals surface area contributed by atoms with Crippen molar-refractivity contribution in [1.82, 2.24) is 9.97 Å². The van der Waals surface area contributed by atoms with Crippen molar-refractivity contribution in [2.24, 2.45) is 0 Å². The van der Waals surface area contributed by atoms with Crippen molar-refractivity contribution in [2.75, 3.05) is 12.4 Å².